The molecule has 0 heterocycles. The summed E-state index contributed by atoms with van der Waals surface area (Å²) in [6.45, 7) is 2.20. The largest absolute Gasteiger partial charge is 0.240 e. The highest BCUT2D eigenvalue weighted by Crippen LogP contribution is 2.17. The molecule has 124 valence electrons. The van der Waals surface area contributed by atoms with E-state index in [9.17, 15) is 16.8 Å². The van der Waals surface area contributed by atoms with E-state index in [2.05, 4.69) is 4.72 Å². The summed E-state index contributed by atoms with van der Waals surface area (Å²) in [6.07, 6.45) is 1.08. The fourth-order valence-electron chi connectivity index (χ4n) is 2.08. The minimum absolute atomic E-state index is 0.0290. The first-order valence-corrected chi connectivity index (χ1v) is 10.4. The zero-order valence-electron chi connectivity index (χ0n) is 12.9. The van der Waals surface area contributed by atoms with Crippen LogP contribution in [0.3, 0.4) is 0 Å². The fraction of sp³-hybridized carbons (Fsp3) is 0.250. The molecule has 0 aliphatic heterocycles. The van der Waals surface area contributed by atoms with E-state index in [-0.39, 0.29) is 22.3 Å². The fourth-order valence-corrected chi connectivity index (χ4v) is 3.84. The molecule has 5 nitrogen and oxygen atoms in total. The maximum Gasteiger partial charge on any atom is 0.240 e. The summed E-state index contributed by atoms with van der Waals surface area (Å²) in [5.41, 5.74) is 1.04. The van der Waals surface area contributed by atoms with Gasteiger partial charge >= 0.3 is 0 Å². The molecule has 0 radical (unpaired) electrons. The molecule has 0 aliphatic carbocycles. The molecule has 0 amide bonds. The summed E-state index contributed by atoms with van der Waals surface area (Å²) in [5, 5.41) is 0. The van der Waals surface area contributed by atoms with Crippen LogP contribution in [0.4, 0.5) is 0 Å². The Hall–Kier alpha value is -1.70. The standard InChI is InChI=1S/C16H19NO4S2/c1-13(14-6-4-3-5-7-14)12-17-23(20,21)16-10-8-15(9-11-16)22(2,18)19/h3-11,13,17H,12H2,1-2H3. The van der Waals surface area contributed by atoms with Crippen LogP contribution >= 0.6 is 0 Å². The number of rotatable bonds is 6. The van der Waals surface area contributed by atoms with Gasteiger partial charge in [-0.1, -0.05) is 37.3 Å². The minimum Gasteiger partial charge on any atom is -0.224 e. The van der Waals surface area contributed by atoms with Crippen molar-refractivity contribution < 1.29 is 16.8 Å². The zero-order valence-corrected chi connectivity index (χ0v) is 14.6. The van der Waals surface area contributed by atoms with Crippen LogP contribution in [0.5, 0.6) is 0 Å². The third-order valence-corrected chi connectivity index (χ3v) is 6.08. The minimum atomic E-state index is -3.67. The van der Waals surface area contributed by atoms with Crippen molar-refractivity contribution in [3.05, 3.63) is 60.2 Å². The van der Waals surface area contributed by atoms with Crippen molar-refractivity contribution in [3.8, 4) is 0 Å². The van der Waals surface area contributed by atoms with Gasteiger partial charge in [-0.25, -0.2) is 21.6 Å². The molecule has 7 heteroatoms. The lowest BCUT2D eigenvalue weighted by Crippen LogP contribution is -2.27. The van der Waals surface area contributed by atoms with Gasteiger partial charge in [-0.2, -0.15) is 0 Å². The van der Waals surface area contributed by atoms with Crippen LogP contribution in [-0.2, 0) is 19.9 Å². The van der Waals surface area contributed by atoms with Gasteiger partial charge in [-0.05, 0) is 35.7 Å². The average molecular weight is 353 g/mol. The monoisotopic (exact) mass is 353 g/mol. The first kappa shape index (κ1) is 17.7. The van der Waals surface area contributed by atoms with Crippen molar-refractivity contribution in [3.63, 3.8) is 0 Å². The normalized spacial score (nSPS) is 13.7. The smallest absolute Gasteiger partial charge is 0.224 e. The van der Waals surface area contributed by atoms with E-state index in [1.807, 2.05) is 37.3 Å². The van der Waals surface area contributed by atoms with Gasteiger partial charge < -0.3 is 0 Å². The van der Waals surface area contributed by atoms with E-state index in [0.29, 0.717) is 0 Å². The molecule has 1 N–H and O–H groups in total. The molecule has 0 saturated heterocycles. The summed E-state index contributed by atoms with van der Waals surface area (Å²) in [6, 6.07) is 14.8. The van der Waals surface area contributed by atoms with Gasteiger partial charge in [-0.3, -0.25) is 0 Å². The van der Waals surface area contributed by atoms with Gasteiger partial charge in [-0.15, -0.1) is 0 Å². The molecule has 1 unspecified atom stereocenters. The molecular formula is C16H19NO4S2. The summed E-state index contributed by atoms with van der Waals surface area (Å²) >= 11 is 0. The van der Waals surface area contributed by atoms with E-state index in [4.69, 9.17) is 0 Å². The van der Waals surface area contributed by atoms with Gasteiger partial charge in [0.25, 0.3) is 0 Å². The van der Waals surface area contributed by atoms with E-state index >= 15 is 0 Å². The van der Waals surface area contributed by atoms with E-state index in [0.717, 1.165) is 11.8 Å². The van der Waals surface area contributed by atoms with Crippen LogP contribution in [0.2, 0.25) is 0 Å². The summed E-state index contributed by atoms with van der Waals surface area (Å²) in [7, 11) is -7.01. The first-order chi connectivity index (χ1) is 10.7. The Kier molecular flexibility index (Phi) is 5.23. The van der Waals surface area contributed by atoms with Crippen molar-refractivity contribution in [2.24, 2.45) is 0 Å². The highest BCUT2D eigenvalue weighted by Gasteiger charge is 2.17. The number of nitrogens with one attached hydrogen (secondary N) is 1. The molecular weight excluding hydrogens is 334 g/mol. The molecule has 0 spiro atoms. The Morgan fingerprint density at radius 3 is 1.91 bits per heavy atom. The van der Waals surface area contributed by atoms with E-state index < -0.39 is 19.9 Å². The number of hydrogen-bond acceptors (Lipinski definition) is 4. The van der Waals surface area contributed by atoms with Crippen LogP contribution in [-0.4, -0.2) is 29.6 Å². The lowest BCUT2D eigenvalue weighted by atomic mass is 10.0. The van der Waals surface area contributed by atoms with Crippen molar-refractivity contribution >= 4 is 19.9 Å². The quantitative estimate of drug-likeness (QED) is 0.863. The van der Waals surface area contributed by atoms with Crippen LogP contribution in [0.25, 0.3) is 0 Å². The van der Waals surface area contributed by atoms with Crippen LogP contribution in [0.1, 0.15) is 18.4 Å². The Bertz CT molecular complexity index is 858. The van der Waals surface area contributed by atoms with E-state index in [1.165, 1.54) is 24.3 Å². The summed E-state index contributed by atoms with van der Waals surface area (Å²) < 4.78 is 49.9. The van der Waals surface area contributed by atoms with E-state index in [1.54, 1.807) is 0 Å². The Morgan fingerprint density at radius 1 is 0.870 bits per heavy atom. The Balaban J connectivity index is 2.10. The topological polar surface area (TPSA) is 80.3 Å². The van der Waals surface area contributed by atoms with Crippen molar-refractivity contribution in [2.45, 2.75) is 22.6 Å². The molecule has 0 aromatic heterocycles. The summed E-state index contributed by atoms with van der Waals surface area (Å²) in [5.74, 6) is 0.0290. The zero-order chi connectivity index (χ0) is 17.1. The second-order valence-electron chi connectivity index (χ2n) is 5.41. The molecule has 0 fully saturated rings. The predicted molar refractivity (Wildman–Crippen MR) is 89.6 cm³/mol. The van der Waals surface area contributed by atoms with Gasteiger partial charge in [0.05, 0.1) is 9.79 Å². The lowest BCUT2D eigenvalue weighted by Gasteiger charge is -2.13. The molecule has 0 saturated carbocycles. The van der Waals surface area contributed by atoms with Crippen LogP contribution in [0.15, 0.2) is 64.4 Å². The number of hydrogen-bond donors (Lipinski definition) is 1. The summed E-state index contributed by atoms with van der Waals surface area (Å²) in [4.78, 5) is 0.138. The lowest BCUT2D eigenvalue weighted by molar-refractivity contribution is 0.574. The average Bonchev–Trinajstić information content (AvgIpc) is 2.53. The molecule has 2 aromatic rings. The van der Waals surface area contributed by atoms with Gasteiger partial charge in [0.2, 0.25) is 10.0 Å². The van der Waals surface area contributed by atoms with Crippen molar-refractivity contribution in [1.29, 1.82) is 0 Å². The van der Waals surface area contributed by atoms with Gasteiger partial charge in [0.15, 0.2) is 9.84 Å². The van der Waals surface area contributed by atoms with Crippen LogP contribution < -0.4 is 4.72 Å². The Morgan fingerprint density at radius 2 is 1.39 bits per heavy atom. The second kappa shape index (κ2) is 6.82. The van der Waals surface area contributed by atoms with Gasteiger partial charge in [0, 0.05) is 12.8 Å². The van der Waals surface area contributed by atoms with Crippen LogP contribution in [0, 0.1) is 0 Å². The molecule has 1 atom stereocenters. The third kappa shape index (κ3) is 4.63. The first-order valence-electron chi connectivity index (χ1n) is 7.05. The Labute approximate surface area is 137 Å². The number of sulfonamides is 1. The highest BCUT2D eigenvalue weighted by molar-refractivity contribution is 7.90. The second-order valence-corrected chi connectivity index (χ2v) is 9.19. The molecule has 0 aliphatic rings. The molecule has 23 heavy (non-hydrogen) atoms. The maximum atomic E-state index is 12.3. The molecule has 2 aromatic carbocycles. The predicted octanol–water partition coefficient (Wildman–Crippen LogP) is 2.17. The molecule has 0 bridgehead atoms. The highest BCUT2D eigenvalue weighted by atomic mass is 32.2. The molecule has 2 rings (SSSR count). The SMILES string of the molecule is CC(CNS(=O)(=O)c1ccc(S(C)(=O)=O)cc1)c1ccccc1. The van der Waals surface area contributed by atoms with Crippen molar-refractivity contribution in [2.75, 3.05) is 12.8 Å². The maximum absolute atomic E-state index is 12.3. The number of benzene rings is 2. The van der Waals surface area contributed by atoms with Gasteiger partial charge in [0.1, 0.15) is 0 Å². The third-order valence-electron chi connectivity index (χ3n) is 3.51. The number of sulfone groups is 1. The van der Waals surface area contributed by atoms with Crippen molar-refractivity contribution in [1.82, 2.24) is 4.72 Å².